The first kappa shape index (κ1) is 13.4. The standard InChI is InChI=1S/C11H20N4O2S/c1-9-6-14(13-11(9)12)7-10-4-3-5-15(8-10)18(2,16)17/h6,10H,3-5,7-8H2,1-2H3,(H2,12,13). The van der Waals surface area contributed by atoms with Crippen LogP contribution in [0.2, 0.25) is 0 Å². The summed E-state index contributed by atoms with van der Waals surface area (Å²) in [6.45, 7) is 3.86. The van der Waals surface area contributed by atoms with Crippen molar-refractivity contribution in [3.05, 3.63) is 11.8 Å². The number of aryl methyl sites for hydroxylation is 1. The maximum atomic E-state index is 11.5. The molecule has 102 valence electrons. The summed E-state index contributed by atoms with van der Waals surface area (Å²) in [6, 6.07) is 0. The normalized spacial score (nSPS) is 22.2. The van der Waals surface area contributed by atoms with Gasteiger partial charge in [-0.2, -0.15) is 5.10 Å². The highest BCUT2D eigenvalue weighted by molar-refractivity contribution is 7.88. The highest BCUT2D eigenvalue weighted by Gasteiger charge is 2.26. The largest absolute Gasteiger partial charge is 0.382 e. The second-order valence-electron chi connectivity index (χ2n) is 5.05. The summed E-state index contributed by atoms with van der Waals surface area (Å²) in [4.78, 5) is 0. The van der Waals surface area contributed by atoms with E-state index in [4.69, 9.17) is 5.73 Å². The van der Waals surface area contributed by atoms with Gasteiger partial charge in [-0.3, -0.25) is 4.68 Å². The van der Waals surface area contributed by atoms with Crippen molar-refractivity contribution < 1.29 is 8.42 Å². The lowest BCUT2D eigenvalue weighted by molar-refractivity contribution is 0.241. The number of aromatic nitrogens is 2. The molecular formula is C11H20N4O2S. The minimum Gasteiger partial charge on any atom is -0.382 e. The third-order valence-corrected chi connectivity index (χ3v) is 4.65. The van der Waals surface area contributed by atoms with E-state index in [0.29, 0.717) is 24.8 Å². The Morgan fingerprint density at radius 3 is 2.83 bits per heavy atom. The van der Waals surface area contributed by atoms with Crippen molar-refractivity contribution in [2.24, 2.45) is 5.92 Å². The first-order chi connectivity index (χ1) is 8.36. The number of anilines is 1. The van der Waals surface area contributed by atoms with E-state index in [2.05, 4.69) is 5.10 Å². The molecule has 1 aliphatic rings. The molecule has 7 heteroatoms. The highest BCUT2D eigenvalue weighted by Crippen LogP contribution is 2.20. The molecule has 0 bridgehead atoms. The quantitative estimate of drug-likeness (QED) is 0.866. The lowest BCUT2D eigenvalue weighted by Gasteiger charge is -2.30. The van der Waals surface area contributed by atoms with Gasteiger partial charge in [0.25, 0.3) is 0 Å². The van der Waals surface area contributed by atoms with Gasteiger partial charge in [-0.1, -0.05) is 0 Å². The molecule has 0 aliphatic carbocycles. The molecule has 6 nitrogen and oxygen atoms in total. The van der Waals surface area contributed by atoms with Gasteiger partial charge in [0, 0.05) is 31.4 Å². The van der Waals surface area contributed by atoms with Gasteiger partial charge in [-0.05, 0) is 25.7 Å². The molecule has 2 rings (SSSR count). The lowest BCUT2D eigenvalue weighted by Crippen LogP contribution is -2.40. The number of nitrogens with zero attached hydrogens (tertiary/aromatic N) is 3. The number of hydrogen-bond acceptors (Lipinski definition) is 4. The van der Waals surface area contributed by atoms with Crippen molar-refractivity contribution in [1.82, 2.24) is 14.1 Å². The van der Waals surface area contributed by atoms with Crippen LogP contribution in [0.4, 0.5) is 5.82 Å². The van der Waals surface area contributed by atoms with Crippen LogP contribution in [0.25, 0.3) is 0 Å². The van der Waals surface area contributed by atoms with Crippen molar-refractivity contribution in [3.8, 4) is 0 Å². The summed E-state index contributed by atoms with van der Waals surface area (Å²) in [5, 5.41) is 4.22. The summed E-state index contributed by atoms with van der Waals surface area (Å²) in [6.07, 6.45) is 5.12. The van der Waals surface area contributed by atoms with Crippen LogP contribution in [0, 0.1) is 12.8 Å². The fourth-order valence-corrected chi connectivity index (χ4v) is 3.31. The minimum absolute atomic E-state index is 0.312. The molecule has 18 heavy (non-hydrogen) atoms. The average Bonchev–Trinajstić information content (AvgIpc) is 2.57. The molecule has 1 aromatic heterocycles. The first-order valence-corrected chi connectivity index (χ1v) is 7.96. The van der Waals surface area contributed by atoms with Crippen molar-refractivity contribution in [1.29, 1.82) is 0 Å². The van der Waals surface area contributed by atoms with Gasteiger partial charge in [-0.15, -0.1) is 0 Å². The maximum absolute atomic E-state index is 11.5. The number of nitrogens with two attached hydrogens (primary N) is 1. The van der Waals surface area contributed by atoms with Crippen LogP contribution in [0.1, 0.15) is 18.4 Å². The summed E-state index contributed by atoms with van der Waals surface area (Å²) < 4.78 is 26.4. The zero-order valence-corrected chi connectivity index (χ0v) is 11.7. The number of rotatable bonds is 3. The smallest absolute Gasteiger partial charge is 0.211 e. The second-order valence-corrected chi connectivity index (χ2v) is 7.03. The predicted octanol–water partition coefficient (Wildman–Crippen LogP) is 0.445. The van der Waals surface area contributed by atoms with Crippen LogP contribution in [0.3, 0.4) is 0 Å². The van der Waals surface area contributed by atoms with Crippen LogP contribution in [0.15, 0.2) is 6.20 Å². The Hall–Kier alpha value is -1.08. The van der Waals surface area contributed by atoms with Crippen LogP contribution in [0.5, 0.6) is 0 Å². The SMILES string of the molecule is Cc1cn(CC2CCCN(S(C)(=O)=O)C2)nc1N. The maximum Gasteiger partial charge on any atom is 0.211 e. The van der Waals surface area contributed by atoms with Crippen molar-refractivity contribution >= 4 is 15.8 Å². The predicted molar refractivity (Wildman–Crippen MR) is 70.5 cm³/mol. The Morgan fingerprint density at radius 1 is 1.56 bits per heavy atom. The third kappa shape index (κ3) is 3.02. The van der Waals surface area contributed by atoms with Gasteiger partial charge in [-0.25, -0.2) is 12.7 Å². The van der Waals surface area contributed by atoms with Crippen LogP contribution in [-0.2, 0) is 16.6 Å². The minimum atomic E-state index is -3.08. The second kappa shape index (κ2) is 4.89. The number of nitrogen functional groups attached to an aromatic ring is 1. The van der Waals surface area contributed by atoms with E-state index in [1.165, 1.54) is 6.26 Å². The Balaban J connectivity index is 2.02. The molecule has 1 fully saturated rings. The summed E-state index contributed by atoms with van der Waals surface area (Å²) in [7, 11) is -3.08. The Bertz CT molecular complexity index is 504. The summed E-state index contributed by atoms with van der Waals surface area (Å²) >= 11 is 0. The van der Waals surface area contributed by atoms with Crippen molar-refractivity contribution in [2.45, 2.75) is 26.3 Å². The van der Waals surface area contributed by atoms with Crippen LogP contribution >= 0.6 is 0 Å². The van der Waals surface area contributed by atoms with E-state index in [-0.39, 0.29) is 0 Å². The van der Waals surface area contributed by atoms with Gasteiger partial charge in [0.1, 0.15) is 5.82 Å². The van der Waals surface area contributed by atoms with Crippen LogP contribution < -0.4 is 5.73 Å². The van der Waals surface area contributed by atoms with E-state index in [1.807, 2.05) is 17.8 Å². The molecule has 0 aromatic carbocycles. The average molecular weight is 272 g/mol. The van der Waals surface area contributed by atoms with Gasteiger partial charge in [0.15, 0.2) is 0 Å². The topological polar surface area (TPSA) is 81.2 Å². The number of piperidine rings is 1. The molecule has 1 aromatic rings. The van der Waals surface area contributed by atoms with E-state index in [1.54, 1.807) is 4.31 Å². The molecule has 1 aliphatic heterocycles. The molecule has 0 spiro atoms. The van der Waals surface area contributed by atoms with E-state index in [0.717, 1.165) is 24.9 Å². The summed E-state index contributed by atoms with van der Waals surface area (Å²) in [5.74, 6) is 0.859. The molecular weight excluding hydrogens is 252 g/mol. The van der Waals surface area contributed by atoms with Gasteiger partial charge >= 0.3 is 0 Å². The third-order valence-electron chi connectivity index (χ3n) is 3.38. The van der Waals surface area contributed by atoms with Gasteiger partial charge < -0.3 is 5.73 Å². The van der Waals surface area contributed by atoms with E-state index >= 15 is 0 Å². The fraction of sp³-hybridized carbons (Fsp3) is 0.727. The van der Waals surface area contributed by atoms with Crippen LogP contribution in [-0.4, -0.2) is 41.8 Å². The fourth-order valence-electron chi connectivity index (χ4n) is 2.37. The molecule has 1 atom stereocenters. The zero-order chi connectivity index (χ0) is 13.3. The zero-order valence-electron chi connectivity index (χ0n) is 10.8. The molecule has 1 saturated heterocycles. The van der Waals surface area contributed by atoms with Crippen molar-refractivity contribution in [2.75, 3.05) is 25.1 Å². The molecule has 0 amide bonds. The lowest BCUT2D eigenvalue weighted by atomic mass is 10.00. The Kier molecular flexibility index (Phi) is 3.63. The number of sulfonamides is 1. The van der Waals surface area contributed by atoms with E-state index in [9.17, 15) is 8.42 Å². The number of hydrogen-bond donors (Lipinski definition) is 1. The molecule has 0 saturated carbocycles. The Labute approximate surface area is 108 Å². The van der Waals surface area contributed by atoms with Gasteiger partial charge in [0.2, 0.25) is 10.0 Å². The molecule has 1 unspecified atom stereocenters. The molecule has 2 heterocycles. The molecule has 2 N–H and O–H groups in total. The van der Waals surface area contributed by atoms with Gasteiger partial charge in [0.05, 0.1) is 6.26 Å². The Morgan fingerprint density at radius 2 is 2.28 bits per heavy atom. The monoisotopic (exact) mass is 272 g/mol. The van der Waals surface area contributed by atoms with Crippen molar-refractivity contribution in [3.63, 3.8) is 0 Å². The first-order valence-electron chi connectivity index (χ1n) is 6.11. The highest BCUT2D eigenvalue weighted by atomic mass is 32.2. The van der Waals surface area contributed by atoms with E-state index < -0.39 is 10.0 Å². The summed E-state index contributed by atoms with van der Waals surface area (Å²) in [5.41, 5.74) is 6.67. The molecule has 0 radical (unpaired) electrons.